The van der Waals surface area contributed by atoms with E-state index in [0.29, 0.717) is 6.10 Å². The van der Waals surface area contributed by atoms with Crippen LogP contribution in [0.2, 0.25) is 0 Å². The number of nitrogens with zero attached hydrogens (tertiary/aromatic N) is 1. The molecule has 8 heteroatoms. The maximum absolute atomic E-state index is 10.5. The Kier molecular flexibility index (Phi) is 19.1. The van der Waals surface area contributed by atoms with E-state index >= 15 is 0 Å². The van der Waals surface area contributed by atoms with Crippen molar-refractivity contribution in [3.8, 4) is 0 Å². The van der Waals surface area contributed by atoms with Gasteiger partial charge in [-0.05, 0) is 32.1 Å². The summed E-state index contributed by atoms with van der Waals surface area (Å²) < 4.78 is 12.1. The van der Waals surface area contributed by atoms with Crippen molar-refractivity contribution in [3.63, 3.8) is 0 Å². The predicted octanol–water partition coefficient (Wildman–Crippen LogP) is 4.05. The number of unbranched alkanes of at least 4 members (excludes halogenated alkanes) is 6. The minimum absolute atomic E-state index is 0.0510. The summed E-state index contributed by atoms with van der Waals surface area (Å²) in [5, 5.41) is 28.1. The van der Waals surface area contributed by atoms with Gasteiger partial charge in [0.05, 0.1) is 24.9 Å². The molecule has 1 aliphatic heterocycles. The van der Waals surface area contributed by atoms with Gasteiger partial charge in [-0.1, -0.05) is 57.0 Å². The number of nitroso groups, excluding NO2 is 1. The zero-order valence-corrected chi connectivity index (χ0v) is 18.8. The first kappa shape index (κ1) is 28.9. The number of hydrogen-bond acceptors (Lipinski definition) is 7. The smallest absolute Gasteiger partial charge is 0.303 e. The lowest BCUT2D eigenvalue weighted by molar-refractivity contribution is -0.137. The van der Waals surface area contributed by atoms with Gasteiger partial charge in [-0.2, -0.15) is 4.91 Å². The average Bonchev–Trinajstić information content (AvgIpc) is 3.20. The quantitative estimate of drug-likeness (QED) is 0.220. The molecule has 1 aliphatic rings. The van der Waals surface area contributed by atoms with Crippen LogP contribution in [0.1, 0.15) is 90.4 Å². The van der Waals surface area contributed by atoms with E-state index in [1.165, 1.54) is 19.3 Å². The molecule has 1 heterocycles. The molecule has 8 nitrogen and oxygen atoms in total. The lowest BCUT2D eigenvalue weighted by Gasteiger charge is -2.25. The summed E-state index contributed by atoms with van der Waals surface area (Å²) >= 11 is 0. The predicted molar refractivity (Wildman–Crippen MR) is 117 cm³/mol. The summed E-state index contributed by atoms with van der Waals surface area (Å²) in [6, 6.07) is 0. The van der Waals surface area contributed by atoms with Crippen molar-refractivity contribution in [2.75, 3.05) is 20.3 Å². The third-order valence-corrected chi connectivity index (χ3v) is 5.35. The Labute approximate surface area is 181 Å². The lowest BCUT2D eigenvalue weighted by atomic mass is 10.0. The summed E-state index contributed by atoms with van der Waals surface area (Å²) in [4.78, 5) is 20.8. The standard InChI is InChI=1S/C21H39NO6.CH4O/c1-2-3-7-10-18-13-14-20(28-18)19(27-16-17(23)15-22-26)11-8-5-4-6-9-12-21(24)25;1-2/h17-20,23H,2-16H2,1H3,(H,24,25);2H,1H3. The molecule has 4 unspecified atom stereocenters. The monoisotopic (exact) mass is 433 g/mol. The topological polar surface area (TPSA) is 126 Å². The van der Waals surface area contributed by atoms with Crippen LogP contribution >= 0.6 is 0 Å². The van der Waals surface area contributed by atoms with Crippen LogP contribution in [0.5, 0.6) is 0 Å². The molecule has 1 saturated heterocycles. The Hall–Kier alpha value is -1.09. The lowest BCUT2D eigenvalue weighted by Crippen LogP contribution is -2.33. The largest absolute Gasteiger partial charge is 0.481 e. The zero-order chi connectivity index (χ0) is 22.6. The van der Waals surface area contributed by atoms with E-state index in [1.54, 1.807) is 0 Å². The molecular weight excluding hydrogens is 390 g/mol. The molecule has 4 atom stereocenters. The van der Waals surface area contributed by atoms with E-state index in [1.807, 2.05) is 0 Å². The highest BCUT2D eigenvalue weighted by molar-refractivity contribution is 5.66. The van der Waals surface area contributed by atoms with Crippen LogP contribution in [0.4, 0.5) is 0 Å². The number of ether oxygens (including phenoxy) is 2. The molecule has 0 radical (unpaired) electrons. The number of aliphatic carboxylic acids is 1. The van der Waals surface area contributed by atoms with Gasteiger partial charge in [0, 0.05) is 13.5 Å². The highest BCUT2D eigenvalue weighted by Crippen LogP contribution is 2.29. The van der Waals surface area contributed by atoms with Crippen LogP contribution in [0, 0.1) is 4.91 Å². The number of rotatable bonds is 18. The molecular formula is C22H43NO7. The van der Waals surface area contributed by atoms with Gasteiger partial charge in [0.15, 0.2) is 0 Å². The maximum Gasteiger partial charge on any atom is 0.303 e. The molecule has 0 bridgehead atoms. The molecule has 30 heavy (non-hydrogen) atoms. The van der Waals surface area contributed by atoms with Crippen molar-refractivity contribution in [1.29, 1.82) is 0 Å². The van der Waals surface area contributed by atoms with Crippen LogP contribution in [0.15, 0.2) is 5.18 Å². The molecule has 0 aromatic rings. The van der Waals surface area contributed by atoms with E-state index < -0.39 is 12.1 Å². The average molecular weight is 434 g/mol. The van der Waals surface area contributed by atoms with Crippen molar-refractivity contribution in [2.45, 2.75) is 115 Å². The molecule has 1 rings (SSSR count). The number of carbonyl (C=O) groups is 1. The zero-order valence-electron chi connectivity index (χ0n) is 18.8. The Bertz CT molecular complexity index is 422. The first-order valence-electron chi connectivity index (χ1n) is 11.5. The second kappa shape index (κ2) is 19.8. The molecule has 3 N–H and O–H groups in total. The van der Waals surface area contributed by atoms with Gasteiger partial charge >= 0.3 is 5.97 Å². The molecule has 0 aromatic heterocycles. The Morgan fingerprint density at radius 3 is 2.47 bits per heavy atom. The Morgan fingerprint density at radius 1 is 1.10 bits per heavy atom. The van der Waals surface area contributed by atoms with E-state index in [4.69, 9.17) is 19.7 Å². The molecule has 0 aromatic carbocycles. The summed E-state index contributed by atoms with van der Waals surface area (Å²) in [6.07, 6.45) is 12.0. The number of carboxylic acid groups (broad SMARTS) is 1. The normalized spacial score (nSPS) is 20.3. The summed E-state index contributed by atoms with van der Waals surface area (Å²) in [6.45, 7) is 2.15. The van der Waals surface area contributed by atoms with Crippen LogP contribution in [-0.2, 0) is 14.3 Å². The number of aliphatic hydroxyl groups is 2. The second-order valence-electron chi connectivity index (χ2n) is 7.91. The van der Waals surface area contributed by atoms with Crippen LogP contribution in [0.25, 0.3) is 0 Å². The first-order chi connectivity index (χ1) is 14.6. The highest BCUT2D eigenvalue weighted by atomic mass is 16.6. The third kappa shape index (κ3) is 14.8. The summed E-state index contributed by atoms with van der Waals surface area (Å²) in [7, 11) is 1.00. The maximum atomic E-state index is 10.5. The van der Waals surface area contributed by atoms with Crippen molar-refractivity contribution in [2.24, 2.45) is 5.18 Å². The van der Waals surface area contributed by atoms with Gasteiger partial charge in [0.25, 0.3) is 0 Å². The molecule has 0 amide bonds. The van der Waals surface area contributed by atoms with E-state index in [9.17, 15) is 14.8 Å². The highest BCUT2D eigenvalue weighted by Gasteiger charge is 2.32. The van der Waals surface area contributed by atoms with Gasteiger partial charge in [0.2, 0.25) is 0 Å². The van der Waals surface area contributed by atoms with E-state index in [2.05, 4.69) is 12.1 Å². The van der Waals surface area contributed by atoms with Crippen molar-refractivity contribution < 1.29 is 29.6 Å². The minimum Gasteiger partial charge on any atom is -0.481 e. The first-order valence-corrected chi connectivity index (χ1v) is 11.5. The molecule has 0 saturated carbocycles. The number of hydrogen-bond donors (Lipinski definition) is 3. The van der Waals surface area contributed by atoms with Gasteiger partial charge in [-0.25, -0.2) is 0 Å². The van der Waals surface area contributed by atoms with Crippen LogP contribution in [0.3, 0.4) is 0 Å². The minimum atomic E-state index is -0.863. The Morgan fingerprint density at radius 2 is 1.80 bits per heavy atom. The fraction of sp³-hybridized carbons (Fsp3) is 0.955. The fourth-order valence-electron chi connectivity index (χ4n) is 3.74. The van der Waals surface area contributed by atoms with Crippen LogP contribution < -0.4 is 0 Å². The summed E-state index contributed by atoms with van der Waals surface area (Å²) in [5.41, 5.74) is 0. The van der Waals surface area contributed by atoms with Gasteiger partial charge < -0.3 is 24.8 Å². The molecule has 1 fully saturated rings. The summed E-state index contributed by atoms with van der Waals surface area (Å²) in [5.74, 6) is -0.733. The molecule has 0 aliphatic carbocycles. The van der Waals surface area contributed by atoms with Gasteiger partial charge in [-0.3, -0.25) is 4.79 Å². The SMILES string of the molecule is CCCCCC1CCC(C(CCCCCCCC(=O)O)OCC(O)CN=O)O1.CO. The van der Waals surface area contributed by atoms with Crippen LogP contribution in [-0.4, -0.2) is 66.0 Å². The number of carboxylic acids is 1. The van der Waals surface area contributed by atoms with E-state index in [0.717, 1.165) is 64.9 Å². The van der Waals surface area contributed by atoms with E-state index in [-0.39, 0.29) is 31.8 Å². The van der Waals surface area contributed by atoms with Gasteiger partial charge in [-0.15, -0.1) is 0 Å². The van der Waals surface area contributed by atoms with Crippen molar-refractivity contribution >= 4 is 5.97 Å². The third-order valence-electron chi connectivity index (χ3n) is 5.35. The van der Waals surface area contributed by atoms with Crippen molar-refractivity contribution in [1.82, 2.24) is 0 Å². The number of aliphatic hydroxyl groups excluding tert-OH is 2. The van der Waals surface area contributed by atoms with Gasteiger partial charge in [0.1, 0.15) is 12.6 Å². The molecule has 178 valence electrons. The Balaban J connectivity index is 0.00000407. The fourth-order valence-corrected chi connectivity index (χ4v) is 3.74. The molecule has 0 spiro atoms. The second-order valence-corrected chi connectivity index (χ2v) is 7.91. The van der Waals surface area contributed by atoms with Crippen molar-refractivity contribution in [3.05, 3.63) is 4.91 Å².